The second kappa shape index (κ2) is 4.23. The molecule has 2 heterocycles. The Bertz CT molecular complexity index is 826. The highest BCUT2D eigenvalue weighted by Gasteiger charge is 2.19. The number of hydrogen-bond donors (Lipinski definition) is 3. The van der Waals surface area contributed by atoms with Crippen LogP contribution in [0.4, 0.5) is 5.95 Å². The molecule has 20 heavy (non-hydrogen) atoms. The molecule has 0 aliphatic carbocycles. The number of carbonyl (C=O) groups is 1. The van der Waals surface area contributed by atoms with Gasteiger partial charge in [0.1, 0.15) is 5.75 Å². The van der Waals surface area contributed by atoms with Crippen molar-refractivity contribution in [2.24, 2.45) is 0 Å². The third kappa shape index (κ3) is 1.72. The number of nitrogen functional groups attached to an aromatic ring is 1. The second-order valence-corrected chi connectivity index (χ2v) is 4.16. The number of phenolic OH excluding ortho intramolecular Hbond substituents is 1. The highest BCUT2D eigenvalue weighted by Crippen LogP contribution is 2.31. The zero-order valence-electron chi connectivity index (χ0n) is 10.2. The lowest BCUT2D eigenvalue weighted by Crippen LogP contribution is -2.09. The fourth-order valence-electron chi connectivity index (χ4n) is 2.09. The molecule has 4 N–H and O–H groups in total. The highest BCUT2D eigenvalue weighted by atomic mass is 16.4. The van der Waals surface area contributed by atoms with E-state index in [9.17, 15) is 15.0 Å². The summed E-state index contributed by atoms with van der Waals surface area (Å²) in [7, 11) is 0. The zero-order chi connectivity index (χ0) is 14.3. The number of rotatable bonds is 2. The molecule has 0 amide bonds. The number of hydrogen-bond acceptors (Lipinski definition) is 5. The van der Waals surface area contributed by atoms with E-state index in [0.29, 0.717) is 16.8 Å². The molecular formula is C13H10N4O3. The van der Waals surface area contributed by atoms with Crippen LogP contribution in [0.2, 0.25) is 0 Å². The number of fused-ring (bicyclic) bond motifs is 1. The van der Waals surface area contributed by atoms with Gasteiger partial charge in [-0.15, -0.1) is 5.10 Å². The molecule has 0 saturated heterocycles. The Kier molecular flexibility index (Phi) is 2.53. The van der Waals surface area contributed by atoms with Gasteiger partial charge in [0, 0.05) is 11.1 Å². The predicted octanol–water partition coefficient (Wildman–Crippen LogP) is 1.38. The summed E-state index contributed by atoms with van der Waals surface area (Å²) in [5, 5.41) is 23.2. The van der Waals surface area contributed by atoms with E-state index in [1.165, 1.54) is 6.07 Å². The van der Waals surface area contributed by atoms with Gasteiger partial charge in [-0.05, 0) is 18.2 Å². The molecule has 0 bridgehead atoms. The molecule has 0 fully saturated rings. The lowest BCUT2D eigenvalue weighted by atomic mass is 10.0. The molecule has 7 heteroatoms. The number of aromatic carboxylic acids is 1. The Hall–Kier alpha value is -3.09. The molecule has 0 unspecified atom stereocenters. The Morgan fingerprint density at radius 2 is 1.90 bits per heavy atom. The monoisotopic (exact) mass is 270 g/mol. The van der Waals surface area contributed by atoms with Gasteiger partial charge in [-0.1, -0.05) is 18.2 Å². The standard InChI is InChI=1S/C13H10N4O3/c14-13-15-10-6-5-8(7-3-1-2-4-9(7)18)11(12(19)20)17(10)16-13/h1-6,18H,(H2,14,16)(H,19,20). The summed E-state index contributed by atoms with van der Waals surface area (Å²) in [6.45, 7) is 0. The van der Waals surface area contributed by atoms with Crippen molar-refractivity contribution in [1.82, 2.24) is 14.6 Å². The molecule has 0 aliphatic heterocycles. The summed E-state index contributed by atoms with van der Waals surface area (Å²) in [6.07, 6.45) is 0. The van der Waals surface area contributed by atoms with Crippen molar-refractivity contribution in [3.8, 4) is 16.9 Å². The minimum atomic E-state index is -1.18. The number of aromatic hydroxyl groups is 1. The predicted molar refractivity (Wildman–Crippen MR) is 71.5 cm³/mol. The lowest BCUT2D eigenvalue weighted by Gasteiger charge is -2.09. The number of nitrogens with zero attached hydrogens (tertiary/aromatic N) is 3. The fraction of sp³-hybridized carbons (Fsp3) is 0. The first kappa shape index (κ1) is 12.0. The van der Waals surface area contributed by atoms with Gasteiger partial charge in [0.15, 0.2) is 11.3 Å². The number of carboxylic acids is 1. The average molecular weight is 270 g/mol. The van der Waals surface area contributed by atoms with Crippen LogP contribution in [0.15, 0.2) is 36.4 Å². The fourth-order valence-corrected chi connectivity index (χ4v) is 2.09. The van der Waals surface area contributed by atoms with Crippen molar-refractivity contribution < 1.29 is 15.0 Å². The van der Waals surface area contributed by atoms with Crippen LogP contribution in [-0.2, 0) is 0 Å². The third-order valence-corrected chi connectivity index (χ3v) is 2.91. The number of benzene rings is 1. The molecule has 0 aliphatic rings. The Balaban J connectivity index is 2.39. The molecular weight excluding hydrogens is 260 g/mol. The summed E-state index contributed by atoms with van der Waals surface area (Å²) < 4.78 is 1.15. The summed E-state index contributed by atoms with van der Waals surface area (Å²) in [6, 6.07) is 9.65. The summed E-state index contributed by atoms with van der Waals surface area (Å²) in [4.78, 5) is 15.4. The molecule has 100 valence electrons. The van der Waals surface area contributed by atoms with Crippen molar-refractivity contribution >= 4 is 17.6 Å². The van der Waals surface area contributed by atoms with Crippen molar-refractivity contribution in [1.29, 1.82) is 0 Å². The van der Waals surface area contributed by atoms with Gasteiger partial charge in [0.05, 0.1) is 0 Å². The van der Waals surface area contributed by atoms with Crippen LogP contribution in [0, 0.1) is 0 Å². The van der Waals surface area contributed by atoms with Crippen LogP contribution in [-0.4, -0.2) is 30.8 Å². The normalized spacial score (nSPS) is 10.8. The number of pyridine rings is 1. The molecule has 0 spiro atoms. The molecule has 2 aromatic heterocycles. The van der Waals surface area contributed by atoms with Crippen molar-refractivity contribution in [3.63, 3.8) is 0 Å². The molecule has 3 rings (SSSR count). The van der Waals surface area contributed by atoms with E-state index < -0.39 is 5.97 Å². The average Bonchev–Trinajstić information content (AvgIpc) is 2.78. The number of carboxylic acid groups (broad SMARTS) is 1. The maximum atomic E-state index is 11.5. The van der Waals surface area contributed by atoms with Crippen LogP contribution >= 0.6 is 0 Å². The van der Waals surface area contributed by atoms with E-state index in [-0.39, 0.29) is 17.4 Å². The topological polar surface area (TPSA) is 114 Å². The first-order valence-electron chi connectivity index (χ1n) is 5.75. The molecule has 7 nitrogen and oxygen atoms in total. The Labute approximate surface area is 112 Å². The van der Waals surface area contributed by atoms with Gasteiger partial charge in [-0.2, -0.15) is 4.98 Å². The van der Waals surface area contributed by atoms with Crippen molar-refractivity contribution in [2.75, 3.05) is 5.73 Å². The summed E-state index contributed by atoms with van der Waals surface area (Å²) >= 11 is 0. The smallest absolute Gasteiger partial charge is 0.355 e. The van der Waals surface area contributed by atoms with Crippen LogP contribution in [0.3, 0.4) is 0 Å². The molecule has 0 saturated carbocycles. The number of nitrogens with two attached hydrogens (primary N) is 1. The van der Waals surface area contributed by atoms with Gasteiger partial charge >= 0.3 is 5.97 Å². The maximum absolute atomic E-state index is 11.5. The minimum Gasteiger partial charge on any atom is -0.507 e. The van der Waals surface area contributed by atoms with Gasteiger partial charge in [-0.25, -0.2) is 9.31 Å². The zero-order valence-corrected chi connectivity index (χ0v) is 10.2. The number of aromatic nitrogens is 3. The van der Waals surface area contributed by atoms with Crippen LogP contribution < -0.4 is 5.73 Å². The maximum Gasteiger partial charge on any atom is 0.355 e. The van der Waals surface area contributed by atoms with E-state index in [1.807, 2.05) is 0 Å². The van der Waals surface area contributed by atoms with Gasteiger partial charge in [0.25, 0.3) is 0 Å². The van der Waals surface area contributed by atoms with E-state index >= 15 is 0 Å². The van der Waals surface area contributed by atoms with E-state index in [2.05, 4.69) is 10.1 Å². The van der Waals surface area contributed by atoms with E-state index in [4.69, 9.17) is 5.73 Å². The largest absolute Gasteiger partial charge is 0.507 e. The third-order valence-electron chi connectivity index (χ3n) is 2.91. The Morgan fingerprint density at radius 1 is 1.15 bits per heavy atom. The van der Waals surface area contributed by atoms with Crippen LogP contribution in [0.5, 0.6) is 5.75 Å². The first-order valence-corrected chi connectivity index (χ1v) is 5.75. The number of para-hydroxylation sites is 1. The quantitative estimate of drug-likeness (QED) is 0.648. The van der Waals surface area contributed by atoms with Gasteiger partial charge in [0.2, 0.25) is 5.95 Å². The molecule has 1 aromatic carbocycles. The van der Waals surface area contributed by atoms with Gasteiger partial charge in [-0.3, -0.25) is 0 Å². The minimum absolute atomic E-state index is 0.0116. The first-order chi connectivity index (χ1) is 9.58. The van der Waals surface area contributed by atoms with Crippen LogP contribution in [0.1, 0.15) is 10.5 Å². The van der Waals surface area contributed by atoms with Crippen LogP contribution in [0.25, 0.3) is 16.8 Å². The Morgan fingerprint density at radius 3 is 2.60 bits per heavy atom. The van der Waals surface area contributed by atoms with Crippen molar-refractivity contribution in [3.05, 3.63) is 42.1 Å². The highest BCUT2D eigenvalue weighted by molar-refractivity contribution is 5.96. The lowest BCUT2D eigenvalue weighted by molar-refractivity contribution is 0.0688. The number of anilines is 1. The molecule has 0 atom stereocenters. The number of phenols is 1. The summed E-state index contributed by atoms with van der Waals surface area (Å²) in [5.74, 6) is -1.21. The van der Waals surface area contributed by atoms with E-state index in [1.54, 1.807) is 30.3 Å². The molecule has 0 radical (unpaired) electrons. The second-order valence-electron chi connectivity index (χ2n) is 4.16. The van der Waals surface area contributed by atoms with Crippen molar-refractivity contribution in [2.45, 2.75) is 0 Å². The molecule has 3 aromatic rings. The summed E-state index contributed by atoms with van der Waals surface area (Å²) in [5.41, 5.74) is 6.47. The SMILES string of the molecule is Nc1nc2ccc(-c3ccccc3O)c(C(=O)O)n2n1. The van der Waals surface area contributed by atoms with Gasteiger partial charge < -0.3 is 15.9 Å². The van der Waals surface area contributed by atoms with E-state index in [0.717, 1.165) is 4.52 Å².